The predicted molar refractivity (Wildman–Crippen MR) is 101 cm³/mol. The van der Waals surface area contributed by atoms with Gasteiger partial charge in [-0.1, -0.05) is 48.9 Å². The molecule has 0 heterocycles. The number of rotatable bonds is 7. The molecule has 3 N–H and O–H groups in total. The molecule has 6 nitrogen and oxygen atoms in total. The minimum absolute atomic E-state index is 0.108. The molecule has 0 aliphatic carbocycles. The molecular formula is C19H21ClN2O4. The summed E-state index contributed by atoms with van der Waals surface area (Å²) < 4.78 is 10.1. The smallest absolute Gasteiger partial charge is 0.342 e. The highest BCUT2D eigenvalue weighted by atomic mass is 35.5. The minimum atomic E-state index is -0.713. The molecule has 0 aliphatic heterocycles. The lowest BCUT2D eigenvalue weighted by Gasteiger charge is -2.14. The fourth-order valence-electron chi connectivity index (χ4n) is 2.32. The average molecular weight is 377 g/mol. The summed E-state index contributed by atoms with van der Waals surface area (Å²) in [5, 5.41) is 2.95. The summed E-state index contributed by atoms with van der Waals surface area (Å²) in [7, 11) is 1.40. The van der Waals surface area contributed by atoms with Crippen molar-refractivity contribution >= 4 is 29.2 Å². The highest BCUT2D eigenvalue weighted by Gasteiger charge is 2.18. The number of hydrogen-bond acceptors (Lipinski definition) is 5. The normalized spacial score (nSPS) is 11.5. The van der Waals surface area contributed by atoms with Crippen LogP contribution in [0, 0.1) is 0 Å². The van der Waals surface area contributed by atoms with Crippen LogP contribution in [0.5, 0.6) is 5.75 Å². The average Bonchev–Trinajstić information content (AvgIpc) is 2.66. The van der Waals surface area contributed by atoms with E-state index in [4.69, 9.17) is 26.8 Å². The van der Waals surface area contributed by atoms with Gasteiger partial charge in [0, 0.05) is 12.6 Å². The first-order valence-electron chi connectivity index (χ1n) is 8.04. The highest BCUT2D eigenvalue weighted by molar-refractivity contribution is 6.33. The van der Waals surface area contributed by atoms with E-state index in [1.807, 2.05) is 37.3 Å². The second kappa shape index (κ2) is 9.10. The zero-order chi connectivity index (χ0) is 19.1. The van der Waals surface area contributed by atoms with E-state index in [1.54, 1.807) is 0 Å². The zero-order valence-electron chi connectivity index (χ0n) is 14.6. The Bertz CT molecular complexity index is 781. The van der Waals surface area contributed by atoms with E-state index in [0.717, 1.165) is 5.56 Å². The molecule has 0 fully saturated rings. The number of halogens is 1. The van der Waals surface area contributed by atoms with Crippen LogP contribution in [0.2, 0.25) is 5.02 Å². The Labute approximate surface area is 157 Å². The van der Waals surface area contributed by atoms with Crippen molar-refractivity contribution in [3.05, 3.63) is 58.6 Å². The highest BCUT2D eigenvalue weighted by Crippen LogP contribution is 2.29. The van der Waals surface area contributed by atoms with Gasteiger partial charge in [-0.3, -0.25) is 4.79 Å². The number of anilines is 1. The molecule has 26 heavy (non-hydrogen) atoms. The van der Waals surface area contributed by atoms with Gasteiger partial charge in [-0.2, -0.15) is 0 Å². The number of nitrogens with two attached hydrogens (primary N) is 1. The molecule has 138 valence electrons. The SMILES string of the molecule is COc1cc(N)c(Cl)cc1C(=O)OCC(=O)NC[C@@H](C)c1ccccc1. The van der Waals surface area contributed by atoms with E-state index >= 15 is 0 Å². The van der Waals surface area contributed by atoms with E-state index in [9.17, 15) is 9.59 Å². The van der Waals surface area contributed by atoms with E-state index in [2.05, 4.69) is 5.32 Å². The molecule has 0 radical (unpaired) electrons. The van der Waals surface area contributed by atoms with Crippen LogP contribution in [-0.2, 0) is 9.53 Å². The monoisotopic (exact) mass is 376 g/mol. The quantitative estimate of drug-likeness (QED) is 0.572. The van der Waals surface area contributed by atoms with Crippen molar-refractivity contribution in [3.63, 3.8) is 0 Å². The molecule has 0 unspecified atom stereocenters. The number of esters is 1. The van der Waals surface area contributed by atoms with Crippen LogP contribution >= 0.6 is 11.6 Å². The van der Waals surface area contributed by atoms with Gasteiger partial charge in [-0.05, 0) is 17.5 Å². The lowest BCUT2D eigenvalue weighted by Crippen LogP contribution is -2.31. The number of methoxy groups -OCH3 is 1. The third-order valence-electron chi connectivity index (χ3n) is 3.85. The maximum atomic E-state index is 12.2. The van der Waals surface area contributed by atoms with Crippen LogP contribution in [0.1, 0.15) is 28.8 Å². The maximum absolute atomic E-state index is 12.2. The Kier molecular flexibility index (Phi) is 6.86. The van der Waals surface area contributed by atoms with Gasteiger partial charge < -0.3 is 20.5 Å². The Morgan fingerprint density at radius 1 is 1.23 bits per heavy atom. The van der Waals surface area contributed by atoms with Gasteiger partial charge in [-0.15, -0.1) is 0 Å². The minimum Gasteiger partial charge on any atom is -0.496 e. The summed E-state index contributed by atoms with van der Waals surface area (Å²) in [5.74, 6) is -0.724. The van der Waals surface area contributed by atoms with Crippen LogP contribution in [0.4, 0.5) is 5.69 Å². The van der Waals surface area contributed by atoms with Crippen LogP contribution in [0.3, 0.4) is 0 Å². The first-order chi connectivity index (χ1) is 12.4. The number of nitrogens with one attached hydrogen (secondary N) is 1. The van der Waals surface area contributed by atoms with Gasteiger partial charge in [0.05, 0.1) is 17.8 Å². The number of amides is 1. The van der Waals surface area contributed by atoms with Crippen molar-refractivity contribution in [2.45, 2.75) is 12.8 Å². The van der Waals surface area contributed by atoms with Crippen LogP contribution in [0.25, 0.3) is 0 Å². The van der Waals surface area contributed by atoms with Crippen molar-refractivity contribution in [1.29, 1.82) is 0 Å². The standard InChI is InChI=1S/C19H21ClN2O4/c1-12(13-6-4-3-5-7-13)10-22-18(23)11-26-19(24)14-8-15(20)16(21)9-17(14)25-2/h3-9,12H,10-11,21H2,1-2H3,(H,22,23)/t12-/m1/s1. The Balaban J connectivity index is 1.87. The zero-order valence-corrected chi connectivity index (χ0v) is 15.4. The van der Waals surface area contributed by atoms with Gasteiger partial charge in [0.2, 0.25) is 0 Å². The van der Waals surface area contributed by atoms with E-state index in [1.165, 1.54) is 19.2 Å². The fourth-order valence-corrected chi connectivity index (χ4v) is 2.49. The fraction of sp³-hybridized carbons (Fsp3) is 0.263. The maximum Gasteiger partial charge on any atom is 0.342 e. The number of hydrogen-bond donors (Lipinski definition) is 2. The summed E-state index contributed by atoms with van der Waals surface area (Å²) >= 11 is 5.92. The molecule has 0 bridgehead atoms. The molecule has 2 aromatic rings. The largest absolute Gasteiger partial charge is 0.496 e. The van der Waals surface area contributed by atoms with Crippen LogP contribution in [0.15, 0.2) is 42.5 Å². The molecule has 1 atom stereocenters. The topological polar surface area (TPSA) is 90.7 Å². The molecule has 0 saturated carbocycles. The summed E-state index contributed by atoms with van der Waals surface area (Å²) in [6, 6.07) is 12.6. The van der Waals surface area contributed by atoms with Crippen molar-refractivity contribution in [1.82, 2.24) is 5.32 Å². The molecule has 0 aromatic heterocycles. The van der Waals surface area contributed by atoms with Crippen molar-refractivity contribution in [2.24, 2.45) is 0 Å². The Hall–Kier alpha value is -2.73. The van der Waals surface area contributed by atoms with E-state index in [-0.39, 0.29) is 33.8 Å². The molecule has 1 amide bonds. The van der Waals surface area contributed by atoms with Gasteiger partial charge in [0.25, 0.3) is 5.91 Å². The Morgan fingerprint density at radius 2 is 1.92 bits per heavy atom. The van der Waals surface area contributed by atoms with Gasteiger partial charge in [0.15, 0.2) is 6.61 Å². The van der Waals surface area contributed by atoms with Crippen LogP contribution in [-0.4, -0.2) is 32.1 Å². The number of nitrogen functional groups attached to an aromatic ring is 1. The number of carbonyl (C=O) groups excluding carboxylic acids is 2. The molecule has 0 spiro atoms. The van der Waals surface area contributed by atoms with Crippen molar-refractivity contribution < 1.29 is 19.1 Å². The second-order valence-corrected chi connectivity index (χ2v) is 6.17. The van der Waals surface area contributed by atoms with Crippen molar-refractivity contribution in [3.8, 4) is 5.75 Å². The number of benzene rings is 2. The third-order valence-corrected chi connectivity index (χ3v) is 4.17. The third kappa shape index (κ3) is 5.13. The number of ether oxygens (including phenoxy) is 2. The molecular weight excluding hydrogens is 356 g/mol. The van der Waals surface area contributed by atoms with Crippen LogP contribution < -0.4 is 15.8 Å². The van der Waals surface area contributed by atoms with Gasteiger partial charge in [-0.25, -0.2) is 4.79 Å². The molecule has 2 aromatic carbocycles. The van der Waals surface area contributed by atoms with Gasteiger partial charge in [0.1, 0.15) is 11.3 Å². The molecule has 0 aliphatic rings. The first-order valence-corrected chi connectivity index (χ1v) is 8.42. The summed E-state index contributed by atoms with van der Waals surface area (Å²) in [6.45, 7) is 2.05. The predicted octanol–water partition coefficient (Wildman–Crippen LogP) is 3.01. The molecule has 7 heteroatoms. The van der Waals surface area contributed by atoms with Crippen molar-refractivity contribution in [2.75, 3.05) is 26.0 Å². The Morgan fingerprint density at radius 3 is 2.58 bits per heavy atom. The summed E-state index contributed by atoms with van der Waals surface area (Å²) in [6.07, 6.45) is 0. The summed E-state index contributed by atoms with van der Waals surface area (Å²) in [5.41, 5.74) is 7.19. The van der Waals surface area contributed by atoms with E-state index < -0.39 is 12.6 Å². The van der Waals surface area contributed by atoms with E-state index in [0.29, 0.717) is 6.54 Å². The molecule has 0 saturated heterocycles. The summed E-state index contributed by atoms with van der Waals surface area (Å²) in [4.78, 5) is 24.1. The first kappa shape index (κ1) is 19.6. The van der Waals surface area contributed by atoms with Gasteiger partial charge >= 0.3 is 5.97 Å². The molecule has 2 rings (SSSR count). The second-order valence-electron chi connectivity index (χ2n) is 5.77. The lowest BCUT2D eigenvalue weighted by molar-refractivity contribution is -0.124. The lowest BCUT2D eigenvalue weighted by atomic mass is 10.0. The number of carbonyl (C=O) groups is 2.